The molecule has 3 atom stereocenters. The predicted molar refractivity (Wildman–Crippen MR) is 68.6 cm³/mol. The Labute approximate surface area is 107 Å². The van der Waals surface area contributed by atoms with Crippen LogP contribution in [0.2, 0.25) is 0 Å². The standard InChI is InChI=1S/C13H21N3O2/c1-2-10(14)12(11-4-3-7-18-11)16-6-5-9(8-16)13(15)17/h3-4,7,9-10,12H,2,5-6,8,14H2,1H3,(H2,15,17). The maximum absolute atomic E-state index is 11.2. The highest BCUT2D eigenvalue weighted by molar-refractivity contribution is 5.77. The minimum atomic E-state index is -0.222. The minimum Gasteiger partial charge on any atom is -0.468 e. The van der Waals surface area contributed by atoms with E-state index in [1.165, 1.54) is 0 Å². The normalized spacial score (nSPS) is 24.0. The molecule has 0 aromatic carbocycles. The number of amides is 1. The third-order valence-electron chi connectivity index (χ3n) is 3.73. The first-order chi connectivity index (χ1) is 8.63. The fourth-order valence-electron chi connectivity index (χ4n) is 2.62. The van der Waals surface area contributed by atoms with E-state index < -0.39 is 0 Å². The first-order valence-corrected chi connectivity index (χ1v) is 6.45. The van der Waals surface area contributed by atoms with Crippen LogP contribution in [-0.2, 0) is 4.79 Å². The molecule has 1 aliphatic rings. The maximum Gasteiger partial charge on any atom is 0.221 e. The van der Waals surface area contributed by atoms with Crippen LogP contribution in [0.3, 0.4) is 0 Å². The van der Waals surface area contributed by atoms with E-state index in [1.54, 1.807) is 6.26 Å². The van der Waals surface area contributed by atoms with E-state index in [4.69, 9.17) is 15.9 Å². The summed E-state index contributed by atoms with van der Waals surface area (Å²) in [5, 5.41) is 0. The Morgan fingerprint density at radius 2 is 2.44 bits per heavy atom. The van der Waals surface area contributed by atoms with Crippen LogP contribution in [0.15, 0.2) is 22.8 Å². The average Bonchev–Trinajstić information content (AvgIpc) is 3.00. The summed E-state index contributed by atoms with van der Waals surface area (Å²) in [6, 6.07) is 3.85. The maximum atomic E-state index is 11.2. The molecule has 0 aliphatic carbocycles. The number of rotatable bonds is 5. The third-order valence-corrected chi connectivity index (χ3v) is 3.73. The second kappa shape index (κ2) is 5.54. The molecule has 1 saturated heterocycles. The highest BCUT2D eigenvalue weighted by Gasteiger charge is 2.35. The van der Waals surface area contributed by atoms with Crippen molar-refractivity contribution in [1.82, 2.24) is 4.90 Å². The molecular formula is C13H21N3O2. The smallest absolute Gasteiger partial charge is 0.221 e. The Morgan fingerprint density at radius 1 is 1.67 bits per heavy atom. The van der Waals surface area contributed by atoms with Gasteiger partial charge in [0.15, 0.2) is 0 Å². The van der Waals surface area contributed by atoms with Gasteiger partial charge in [-0.3, -0.25) is 9.69 Å². The predicted octanol–water partition coefficient (Wildman–Crippen LogP) is 0.865. The second-order valence-corrected chi connectivity index (χ2v) is 4.92. The van der Waals surface area contributed by atoms with Gasteiger partial charge >= 0.3 is 0 Å². The highest BCUT2D eigenvalue weighted by atomic mass is 16.3. The van der Waals surface area contributed by atoms with E-state index >= 15 is 0 Å². The van der Waals surface area contributed by atoms with E-state index in [1.807, 2.05) is 12.1 Å². The molecule has 0 spiro atoms. The summed E-state index contributed by atoms with van der Waals surface area (Å²) >= 11 is 0. The van der Waals surface area contributed by atoms with Crippen molar-refractivity contribution in [2.45, 2.75) is 31.8 Å². The Bertz CT molecular complexity index is 391. The number of furan rings is 1. The van der Waals surface area contributed by atoms with E-state index in [0.717, 1.165) is 25.1 Å². The SMILES string of the molecule is CCC(N)C(c1ccco1)N1CCC(C(N)=O)C1. The number of nitrogens with zero attached hydrogens (tertiary/aromatic N) is 1. The van der Waals surface area contributed by atoms with Gasteiger partial charge in [-0.1, -0.05) is 6.92 Å². The number of primary amides is 1. The molecule has 1 aromatic rings. The monoisotopic (exact) mass is 251 g/mol. The van der Waals surface area contributed by atoms with Crippen LogP contribution < -0.4 is 11.5 Å². The number of hydrogen-bond acceptors (Lipinski definition) is 4. The first kappa shape index (κ1) is 13.1. The fraction of sp³-hybridized carbons (Fsp3) is 0.615. The van der Waals surface area contributed by atoms with Crippen molar-refractivity contribution < 1.29 is 9.21 Å². The zero-order valence-corrected chi connectivity index (χ0v) is 10.7. The van der Waals surface area contributed by atoms with E-state index in [9.17, 15) is 4.79 Å². The molecule has 100 valence electrons. The molecule has 2 heterocycles. The minimum absolute atomic E-state index is 0.00257. The molecule has 0 radical (unpaired) electrons. The molecule has 2 rings (SSSR count). The Balaban J connectivity index is 2.13. The number of likely N-dealkylation sites (tertiary alicyclic amines) is 1. The molecule has 5 nitrogen and oxygen atoms in total. The van der Waals surface area contributed by atoms with E-state index in [0.29, 0.717) is 6.54 Å². The lowest BCUT2D eigenvalue weighted by Gasteiger charge is -2.30. The number of carbonyl (C=O) groups excluding carboxylic acids is 1. The van der Waals surface area contributed by atoms with Crippen LogP contribution in [0.25, 0.3) is 0 Å². The summed E-state index contributed by atoms with van der Waals surface area (Å²) in [4.78, 5) is 13.4. The van der Waals surface area contributed by atoms with Gasteiger partial charge in [-0.15, -0.1) is 0 Å². The van der Waals surface area contributed by atoms with Crippen molar-refractivity contribution in [3.05, 3.63) is 24.2 Å². The van der Waals surface area contributed by atoms with Crippen LogP contribution in [-0.4, -0.2) is 29.9 Å². The molecule has 5 heteroatoms. The molecule has 0 bridgehead atoms. The summed E-state index contributed by atoms with van der Waals surface area (Å²) < 4.78 is 5.49. The van der Waals surface area contributed by atoms with Gasteiger partial charge in [0.1, 0.15) is 5.76 Å². The fourth-order valence-corrected chi connectivity index (χ4v) is 2.62. The van der Waals surface area contributed by atoms with E-state index in [2.05, 4.69) is 11.8 Å². The summed E-state index contributed by atoms with van der Waals surface area (Å²) in [6.07, 6.45) is 3.33. The third kappa shape index (κ3) is 2.57. The molecule has 1 aromatic heterocycles. The first-order valence-electron chi connectivity index (χ1n) is 6.45. The number of hydrogen-bond donors (Lipinski definition) is 2. The van der Waals surface area contributed by atoms with Crippen molar-refractivity contribution in [2.24, 2.45) is 17.4 Å². The Kier molecular flexibility index (Phi) is 4.04. The average molecular weight is 251 g/mol. The quantitative estimate of drug-likeness (QED) is 0.813. The summed E-state index contributed by atoms with van der Waals surface area (Å²) in [7, 11) is 0. The van der Waals surface area contributed by atoms with Crippen molar-refractivity contribution in [3.63, 3.8) is 0 Å². The Hall–Kier alpha value is -1.33. The van der Waals surface area contributed by atoms with Crippen molar-refractivity contribution >= 4 is 5.91 Å². The summed E-state index contributed by atoms with van der Waals surface area (Å²) in [6.45, 7) is 3.57. The lowest BCUT2D eigenvalue weighted by molar-refractivity contribution is -0.121. The van der Waals surface area contributed by atoms with Gasteiger partial charge in [0.05, 0.1) is 18.2 Å². The van der Waals surface area contributed by atoms with Gasteiger partial charge in [0.25, 0.3) is 0 Å². The zero-order valence-electron chi connectivity index (χ0n) is 10.7. The van der Waals surface area contributed by atoms with Gasteiger partial charge in [-0.05, 0) is 31.5 Å². The molecule has 1 amide bonds. The van der Waals surface area contributed by atoms with Crippen LogP contribution in [0.5, 0.6) is 0 Å². The molecule has 1 fully saturated rings. The number of nitrogens with two attached hydrogens (primary N) is 2. The number of carbonyl (C=O) groups is 1. The van der Waals surface area contributed by atoms with Crippen LogP contribution in [0, 0.1) is 5.92 Å². The highest BCUT2D eigenvalue weighted by Crippen LogP contribution is 2.30. The van der Waals surface area contributed by atoms with Crippen LogP contribution >= 0.6 is 0 Å². The topological polar surface area (TPSA) is 85.5 Å². The van der Waals surface area contributed by atoms with Crippen molar-refractivity contribution in [3.8, 4) is 0 Å². The molecular weight excluding hydrogens is 230 g/mol. The molecule has 18 heavy (non-hydrogen) atoms. The van der Waals surface area contributed by atoms with E-state index in [-0.39, 0.29) is 23.9 Å². The van der Waals surface area contributed by atoms with Crippen molar-refractivity contribution in [2.75, 3.05) is 13.1 Å². The lowest BCUT2D eigenvalue weighted by Crippen LogP contribution is -2.40. The molecule has 4 N–H and O–H groups in total. The summed E-state index contributed by atoms with van der Waals surface area (Å²) in [5.41, 5.74) is 11.6. The Morgan fingerprint density at radius 3 is 2.94 bits per heavy atom. The van der Waals surface area contributed by atoms with Crippen molar-refractivity contribution in [1.29, 1.82) is 0 Å². The van der Waals surface area contributed by atoms with Crippen LogP contribution in [0.4, 0.5) is 0 Å². The van der Waals surface area contributed by atoms with Gasteiger partial charge in [0, 0.05) is 12.6 Å². The van der Waals surface area contributed by atoms with Gasteiger partial charge in [-0.2, -0.15) is 0 Å². The summed E-state index contributed by atoms with van der Waals surface area (Å²) in [5.74, 6) is 0.585. The van der Waals surface area contributed by atoms with Crippen LogP contribution in [0.1, 0.15) is 31.6 Å². The second-order valence-electron chi connectivity index (χ2n) is 4.92. The zero-order chi connectivity index (χ0) is 13.1. The molecule has 0 saturated carbocycles. The van der Waals surface area contributed by atoms with Gasteiger partial charge < -0.3 is 15.9 Å². The van der Waals surface area contributed by atoms with Gasteiger partial charge in [-0.25, -0.2) is 0 Å². The molecule has 1 aliphatic heterocycles. The van der Waals surface area contributed by atoms with Gasteiger partial charge in [0.2, 0.25) is 5.91 Å². The molecule has 3 unspecified atom stereocenters. The largest absolute Gasteiger partial charge is 0.468 e. The lowest BCUT2D eigenvalue weighted by atomic mass is 10.0.